The average Bonchev–Trinajstić information content (AvgIpc) is 2.43. The van der Waals surface area contributed by atoms with E-state index in [1.54, 1.807) is 18.2 Å². The Morgan fingerprint density at radius 2 is 2.05 bits per heavy atom. The number of amides is 1. The van der Waals surface area contributed by atoms with E-state index in [0.29, 0.717) is 23.6 Å². The van der Waals surface area contributed by atoms with Crippen molar-refractivity contribution < 1.29 is 24.5 Å². The van der Waals surface area contributed by atoms with Crippen LogP contribution in [-0.4, -0.2) is 43.1 Å². The van der Waals surface area contributed by atoms with E-state index in [4.69, 9.17) is 19.7 Å². The summed E-state index contributed by atoms with van der Waals surface area (Å²) in [6, 6.07) is 5.00. The van der Waals surface area contributed by atoms with Gasteiger partial charge in [0.2, 0.25) is 5.91 Å². The molecule has 0 aromatic heterocycles. The van der Waals surface area contributed by atoms with Crippen LogP contribution in [0.25, 0.3) is 0 Å². The zero-order chi connectivity index (χ0) is 14.1. The second-order valence-corrected chi connectivity index (χ2v) is 3.81. The van der Waals surface area contributed by atoms with E-state index in [1.165, 1.54) is 7.11 Å². The molecule has 19 heavy (non-hydrogen) atoms. The first kappa shape index (κ1) is 15.3. The lowest BCUT2D eigenvalue weighted by Gasteiger charge is -2.12. The second kappa shape index (κ2) is 8.34. The maximum Gasteiger partial charge on any atom is 0.224 e. The van der Waals surface area contributed by atoms with Crippen molar-refractivity contribution >= 4 is 11.6 Å². The molecule has 3 N–H and O–H groups in total. The Kier molecular flexibility index (Phi) is 6.70. The number of benzene rings is 1. The van der Waals surface area contributed by atoms with Gasteiger partial charge in [-0.3, -0.25) is 4.79 Å². The average molecular weight is 269 g/mol. The molecule has 1 aromatic carbocycles. The zero-order valence-corrected chi connectivity index (χ0v) is 10.9. The number of hydrogen-bond donors (Lipinski definition) is 3. The molecular formula is C13H19NO5. The number of methoxy groups -OCH3 is 1. The van der Waals surface area contributed by atoms with Gasteiger partial charge in [0.05, 0.1) is 13.7 Å². The number of aliphatic hydroxyl groups excluding tert-OH is 2. The van der Waals surface area contributed by atoms with E-state index in [1.807, 2.05) is 0 Å². The molecule has 1 aromatic rings. The highest BCUT2D eigenvalue weighted by Gasteiger charge is 2.08. The highest BCUT2D eigenvalue weighted by atomic mass is 16.5. The molecule has 0 aliphatic carbocycles. The van der Waals surface area contributed by atoms with Crippen LogP contribution >= 0.6 is 0 Å². The normalized spacial score (nSPS) is 10.1. The molecule has 0 saturated heterocycles. The van der Waals surface area contributed by atoms with Gasteiger partial charge in [-0.15, -0.1) is 0 Å². The van der Waals surface area contributed by atoms with Crippen LogP contribution in [0.15, 0.2) is 18.2 Å². The predicted octanol–water partition coefficient (Wildman–Crippen LogP) is 0.777. The molecule has 0 saturated carbocycles. The van der Waals surface area contributed by atoms with Crippen LogP contribution in [0.3, 0.4) is 0 Å². The summed E-state index contributed by atoms with van der Waals surface area (Å²) in [7, 11) is 1.51. The van der Waals surface area contributed by atoms with Gasteiger partial charge < -0.3 is 25.0 Å². The van der Waals surface area contributed by atoms with Crippen molar-refractivity contribution in [2.75, 3.05) is 32.2 Å². The lowest BCUT2D eigenvalue weighted by Crippen LogP contribution is -2.12. The Morgan fingerprint density at radius 1 is 1.26 bits per heavy atom. The van der Waals surface area contributed by atoms with Crippen LogP contribution in [0, 0.1) is 0 Å². The summed E-state index contributed by atoms with van der Waals surface area (Å²) in [5, 5.41) is 20.1. The molecule has 0 spiro atoms. The lowest BCUT2D eigenvalue weighted by molar-refractivity contribution is -0.116. The molecule has 0 radical (unpaired) electrons. The lowest BCUT2D eigenvalue weighted by atomic mass is 10.2. The van der Waals surface area contributed by atoms with Crippen molar-refractivity contribution in [3.63, 3.8) is 0 Å². The fourth-order valence-electron chi connectivity index (χ4n) is 1.49. The minimum Gasteiger partial charge on any atom is -0.493 e. The monoisotopic (exact) mass is 269 g/mol. The maximum absolute atomic E-state index is 11.5. The van der Waals surface area contributed by atoms with Crippen molar-refractivity contribution in [2.45, 2.75) is 12.8 Å². The predicted molar refractivity (Wildman–Crippen MR) is 70.5 cm³/mol. The molecule has 0 bridgehead atoms. The van der Waals surface area contributed by atoms with E-state index in [0.717, 1.165) is 0 Å². The number of aliphatic hydroxyl groups is 2. The summed E-state index contributed by atoms with van der Waals surface area (Å²) < 4.78 is 10.4. The van der Waals surface area contributed by atoms with Gasteiger partial charge in [0, 0.05) is 24.8 Å². The third kappa shape index (κ3) is 5.15. The number of anilines is 1. The number of carbonyl (C=O) groups excluding carboxylic acids is 1. The molecule has 6 heteroatoms. The molecule has 0 heterocycles. The Labute approximate surface area is 112 Å². The van der Waals surface area contributed by atoms with Crippen molar-refractivity contribution in [3.05, 3.63) is 18.2 Å². The van der Waals surface area contributed by atoms with Gasteiger partial charge >= 0.3 is 0 Å². The third-order valence-electron chi connectivity index (χ3n) is 2.36. The van der Waals surface area contributed by atoms with Crippen molar-refractivity contribution in [3.8, 4) is 11.5 Å². The van der Waals surface area contributed by atoms with Gasteiger partial charge in [0.25, 0.3) is 0 Å². The smallest absolute Gasteiger partial charge is 0.224 e. The summed E-state index contributed by atoms with van der Waals surface area (Å²) in [5.41, 5.74) is 0.580. The van der Waals surface area contributed by atoms with Crippen LogP contribution in [0.5, 0.6) is 11.5 Å². The summed E-state index contributed by atoms with van der Waals surface area (Å²) >= 11 is 0. The van der Waals surface area contributed by atoms with E-state index >= 15 is 0 Å². The van der Waals surface area contributed by atoms with Crippen LogP contribution in [0.1, 0.15) is 12.8 Å². The molecule has 106 valence electrons. The molecular weight excluding hydrogens is 250 g/mol. The minimum atomic E-state index is -0.174. The first-order valence-corrected chi connectivity index (χ1v) is 6.03. The van der Waals surface area contributed by atoms with Gasteiger partial charge in [-0.25, -0.2) is 0 Å². The summed E-state index contributed by atoms with van der Waals surface area (Å²) in [6.07, 6.45) is 0.686. The quantitative estimate of drug-likeness (QED) is 0.649. The number of nitrogens with one attached hydrogen (secondary N) is 1. The highest BCUT2D eigenvalue weighted by molar-refractivity contribution is 5.91. The molecule has 0 fully saturated rings. The first-order chi connectivity index (χ1) is 9.21. The topological polar surface area (TPSA) is 88.0 Å². The summed E-state index contributed by atoms with van der Waals surface area (Å²) in [4.78, 5) is 11.5. The molecule has 6 nitrogen and oxygen atoms in total. The van der Waals surface area contributed by atoms with Gasteiger partial charge in [-0.05, 0) is 18.6 Å². The van der Waals surface area contributed by atoms with Crippen LogP contribution in [-0.2, 0) is 4.79 Å². The van der Waals surface area contributed by atoms with Crippen molar-refractivity contribution in [1.29, 1.82) is 0 Å². The minimum absolute atomic E-state index is 0.0130. The highest BCUT2D eigenvalue weighted by Crippen LogP contribution is 2.30. The van der Waals surface area contributed by atoms with Crippen molar-refractivity contribution in [2.24, 2.45) is 0 Å². The number of hydrogen-bond acceptors (Lipinski definition) is 5. The summed E-state index contributed by atoms with van der Waals surface area (Å²) in [6.45, 7) is 0.0371. The molecule has 1 amide bonds. The third-order valence-corrected chi connectivity index (χ3v) is 2.36. The number of carbonyl (C=O) groups is 1. The fraction of sp³-hybridized carbons (Fsp3) is 0.462. The van der Waals surface area contributed by atoms with Crippen molar-refractivity contribution in [1.82, 2.24) is 0 Å². The fourth-order valence-corrected chi connectivity index (χ4v) is 1.49. The zero-order valence-electron chi connectivity index (χ0n) is 10.9. The SMILES string of the molecule is COc1ccc(NC(=O)CCCO)cc1OCCO. The van der Waals surface area contributed by atoms with E-state index in [-0.39, 0.29) is 32.1 Å². The Balaban J connectivity index is 2.71. The van der Waals surface area contributed by atoms with E-state index in [9.17, 15) is 4.79 Å². The molecule has 0 aliphatic rings. The Bertz CT molecular complexity index is 408. The van der Waals surface area contributed by atoms with Gasteiger partial charge in [-0.1, -0.05) is 0 Å². The van der Waals surface area contributed by atoms with Gasteiger partial charge in [0.15, 0.2) is 11.5 Å². The van der Waals surface area contributed by atoms with Gasteiger partial charge in [0.1, 0.15) is 6.61 Å². The standard InChI is InChI=1S/C13H19NO5/c1-18-11-5-4-10(9-12(11)19-8-7-16)14-13(17)3-2-6-15/h4-5,9,15-16H,2-3,6-8H2,1H3,(H,14,17). The van der Waals surface area contributed by atoms with E-state index < -0.39 is 0 Å². The Hall–Kier alpha value is -1.79. The maximum atomic E-state index is 11.5. The second-order valence-electron chi connectivity index (χ2n) is 3.81. The molecule has 0 unspecified atom stereocenters. The van der Waals surface area contributed by atoms with Crippen LogP contribution < -0.4 is 14.8 Å². The van der Waals surface area contributed by atoms with E-state index in [2.05, 4.69) is 5.32 Å². The largest absolute Gasteiger partial charge is 0.493 e. The Morgan fingerprint density at radius 3 is 2.68 bits per heavy atom. The summed E-state index contributed by atoms with van der Waals surface area (Å²) in [5.74, 6) is 0.811. The number of ether oxygens (including phenoxy) is 2. The molecule has 0 atom stereocenters. The van der Waals surface area contributed by atoms with Gasteiger partial charge in [-0.2, -0.15) is 0 Å². The number of rotatable bonds is 8. The van der Waals surface area contributed by atoms with Crippen LogP contribution in [0.4, 0.5) is 5.69 Å². The van der Waals surface area contributed by atoms with Crippen LogP contribution in [0.2, 0.25) is 0 Å². The first-order valence-electron chi connectivity index (χ1n) is 6.03. The molecule has 0 aliphatic heterocycles. The molecule has 1 rings (SSSR count).